The third-order valence-corrected chi connectivity index (χ3v) is 2.37. The van der Waals surface area contributed by atoms with Gasteiger partial charge >= 0.3 is 0 Å². The van der Waals surface area contributed by atoms with E-state index in [1.54, 1.807) is 13.4 Å². The number of nitrogens with zero attached hydrogens (tertiary/aromatic N) is 2. The van der Waals surface area contributed by atoms with Gasteiger partial charge in [-0.25, -0.2) is 0 Å². The molecule has 0 fully saturated rings. The molecule has 0 radical (unpaired) electrons. The van der Waals surface area contributed by atoms with E-state index < -0.39 is 5.72 Å². The fourth-order valence-electron chi connectivity index (χ4n) is 1.50. The second-order valence-electron chi connectivity index (χ2n) is 3.83. The van der Waals surface area contributed by atoms with Crippen LogP contribution in [0.4, 0.5) is 5.69 Å². The first-order valence-corrected chi connectivity index (χ1v) is 4.78. The van der Waals surface area contributed by atoms with Gasteiger partial charge in [-0.15, -0.1) is 0 Å². The highest BCUT2D eigenvalue weighted by molar-refractivity contribution is 5.81. The van der Waals surface area contributed by atoms with Gasteiger partial charge in [0.2, 0.25) is 5.72 Å². The lowest BCUT2D eigenvalue weighted by atomic mass is 10.2. The maximum absolute atomic E-state index is 5.23. The van der Waals surface area contributed by atoms with E-state index in [9.17, 15) is 0 Å². The summed E-state index contributed by atoms with van der Waals surface area (Å²) in [5, 5.41) is 3.81. The van der Waals surface area contributed by atoms with Crippen molar-refractivity contribution in [2.45, 2.75) is 19.6 Å². The van der Waals surface area contributed by atoms with Crippen LogP contribution in [0.5, 0.6) is 5.75 Å². The van der Waals surface area contributed by atoms with Crippen molar-refractivity contribution in [1.29, 1.82) is 0 Å². The monoisotopic (exact) mass is 206 g/mol. The standard InChI is InChI=1S/C11H14N2O2/c1-11(2)13(8-12-15-11)9-4-6-10(14-3)7-5-9/h4-8H,1-3H3. The number of methoxy groups -OCH3 is 1. The van der Waals surface area contributed by atoms with Crippen LogP contribution < -0.4 is 9.64 Å². The third kappa shape index (κ3) is 1.75. The molecule has 4 nitrogen and oxygen atoms in total. The smallest absolute Gasteiger partial charge is 0.209 e. The van der Waals surface area contributed by atoms with Crippen molar-refractivity contribution in [2.75, 3.05) is 12.0 Å². The van der Waals surface area contributed by atoms with Crippen LogP contribution in [0.1, 0.15) is 13.8 Å². The molecule has 0 spiro atoms. The highest BCUT2D eigenvalue weighted by Crippen LogP contribution is 2.28. The van der Waals surface area contributed by atoms with Crippen LogP contribution in [0.3, 0.4) is 0 Å². The Morgan fingerprint density at radius 3 is 2.40 bits per heavy atom. The summed E-state index contributed by atoms with van der Waals surface area (Å²) < 4.78 is 5.10. The van der Waals surface area contributed by atoms with E-state index in [0.29, 0.717) is 0 Å². The number of anilines is 1. The van der Waals surface area contributed by atoms with Crippen LogP contribution in [-0.4, -0.2) is 19.2 Å². The molecule has 4 heteroatoms. The summed E-state index contributed by atoms with van der Waals surface area (Å²) in [5.74, 6) is 0.841. The molecule has 0 unspecified atom stereocenters. The Hall–Kier alpha value is -1.71. The molecule has 0 amide bonds. The zero-order valence-electron chi connectivity index (χ0n) is 9.10. The largest absolute Gasteiger partial charge is 0.497 e. The van der Waals surface area contributed by atoms with Crippen molar-refractivity contribution in [3.63, 3.8) is 0 Å². The van der Waals surface area contributed by atoms with Crippen LogP contribution in [-0.2, 0) is 4.84 Å². The quantitative estimate of drug-likeness (QED) is 0.744. The van der Waals surface area contributed by atoms with Gasteiger partial charge in [0.15, 0.2) is 0 Å². The van der Waals surface area contributed by atoms with E-state index in [-0.39, 0.29) is 0 Å². The van der Waals surface area contributed by atoms with Crippen LogP contribution in [0.2, 0.25) is 0 Å². The topological polar surface area (TPSA) is 34.1 Å². The molecule has 0 N–H and O–H groups in total. The Kier molecular flexibility index (Phi) is 2.26. The molecule has 0 aliphatic carbocycles. The first-order valence-electron chi connectivity index (χ1n) is 4.78. The van der Waals surface area contributed by atoms with Gasteiger partial charge < -0.3 is 9.57 Å². The molecule has 0 aromatic heterocycles. The average Bonchev–Trinajstić information content (AvgIpc) is 2.58. The predicted molar refractivity (Wildman–Crippen MR) is 59.1 cm³/mol. The van der Waals surface area contributed by atoms with Crippen molar-refractivity contribution >= 4 is 12.0 Å². The molecule has 0 saturated heterocycles. The maximum atomic E-state index is 5.23. The lowest BCUT2D eigenvalue weighted by Crippen LogP contribution is -2.39. The Bertz CT molecular complexity index is 371. The fraction of sp³-hybridized carbons (Fsp3) is 0.364. The van der Waals surface area contributed by atoms with E-state index in [1.807, 2.05) is 43.0 Å². The molecule has 1 aromatic rings. The summed E-state index contributed by atoms with van der Waals surface area (Å²) in [6, 6.07) is 7.78. The molecule has 0 saturated carbocycles. The molecular formula is C11H14N2O2. The number of ether oxygens (including phenoxy) is 1. The number of benzene rings is 1. The molecule has 2 rings (SSSR count). The molecular weight excluding hydrogens is 192 g/mol. The summed E-state index contributed by atoms with van der Waals surface area (Å²) in [5.41, 5.74) is 0.608. The predicted octanol–water partition coefficient (Wildman–Crippen LogP) is 2.21. The zero-order chi connectivity index (χ0) is 10.9. The van der Waals surface area contributed by atoms with Gasteiger partial charge in [0.05, 0.1) is 7.11 Å². The minimum Gasteiger partial charge on any atom is -0.497 e. The summed E-state index contributed by atoms with van der Waals surface area (Å²) in [6.45, 7) is 3.93. The van der Waals surface area contributed by atoms with E-state index in [1.165, 1.54) is 0 Å². The van der Waals surface area contributed by atoms with Crippen molar-refractivity contribution in [2.24, 2.45) is 5.16 Å². The second-order valence-corrected chi connectivity index (χ2v) is 3.83. The van der Waals surface area contributed by atoms with Gasteiger partial charge in [-0.1, -0.05) is 5.16 Å². The van der Waals surface area contributed by atoms with Crippen molar-refractivity contribution in [3.8, 4) is 5.75 Å². The molecule has 80 valence electrons. The minimum absolute atomic E-state index is 0.422. The van der Waals surface area contributed by atoms with Gasteiger partial charge in [0.1, 0.15) is 12.1 Å². The van der Waals surface area contributed by atoms with E-state index in [4.69, 9.17) is 9.57 Å². The van der Waals surface area contributed by atoms with Gasteiger partial charge in [-0.2, -0.15) is 0 Å². The molecule has 15 heavy (non-hydrogen) atoms. The Morgan fingerprint density at radius 2 is 1.93 bits per heavy atom. The Morgan fingerprint density at radius 1 is 1.27 bits per heavy atom. The van der Waals surface area contributed by atoms with Gasteiger partial charge in [0.25, 0.3) is 0 Å². The molecule has 0 bridgehead atoms. The van der Waals surface area contributed by atoms with Crippen molar-refractivity contribution in [1.82, 2.24) is 0 Å². The summed E-state index contributed by atoms with van der Waals surface area (Å²) in [7, 11) is 1.65. The summed E-state index contributed by atoms with van der Waals surface area (Å²) in [4.78, 5) is 7.19. The molecule has 1 heterocycles. The molecule has 1 aliphatic rings. The Balaban J connectivity index is 2.26. The summed E-state index contributed by atoms with van der Waals surface area (Å²) >= 11 is 0. The first-order chi connectivity index (χ1) is 7.13. The van der Waals surface area contributed by atoms with Crippen LogP contribution in [0.25, 0.3) is 0 Å². The lowest BCUT2D eigenvalue weighted by molar-refractivity contribution is 0.0138. The number of hydrogen-bond acceptors (Lipinski definition) is 4. The lowest BCUT2D eigenvalue weighted by Gasteiger charge is -2.28. The van der Waals surface area contributed by atoms with E-state index in [2.05, 4.69) is 5.16 Å². The second kappa shape index (κ2) is 3.46. The van der Waals surface area contributed by atoms with Crippen molar-refractivity contribution in [3.05, 3.63) is 24.3 Å². The molecule has 1 aromatic carbocycles. The van der Waals surface area contributed by atoms with Gasteiger partial charge in [-0.05, 0) is 38.1 Å². The normalized spacial score (nSPS) is 17.7. The number of hydrogen-bond donors (Lipinski definition) is 0. The van der Waals surface area contributed by atoms with Gasteiger partial charge in [-0.3, -0.25) is 4.90 Å². The van der Waals surface area contributed by atoms with E-state index in [0.717, 1.165) is 11.4 Å². The van der Waals surface area contributed by atoms with E-state index >= 15 is 0 Å². The van der Waals surface area contributed by atoms with Crippen LogP contribution >= 0.6 is 0 Å². The minimum atomic E-state index is -0.422. The zero-order valence-corrected chi connectivity index (χ0v) is 9.10. The maximum Gasteiger partial charge on any atom is 0.209 e. The molecule has 1 aliphatic heterocycles. The number of rotatable bonds is 2. The highest BCUT2D eigenvalue weighted by atomic mass is 16.7. The molecule has 0 atom stereocenters. The summed E-state index contributed by atoms with van der Waals surface area (Å²) in [6.07, 6.45) is 1.68. The Labute approximate surface area is 89.1 Å². The number of oxime groups is 1. The average molecular weight is 206 g/mol. The third-order valence-electron chi connectivity index (χ3n) is 2.37. The highest BCUT2D eigenvalue weighted by Gasteiger charge is 2.32. The first kappa shape index (κ1) is 9.83. The van der Waals surface area contributed by atoms with Crippen LogP contribution in [0, 0.1) is 0 Å². The van der Waals surface area contributed by atoms with Gasteiger partial charge in [0, 0.05) is 5.69 Å². The van der Waals surface area contributed by atoms with Crippen LogP contribution in [0.15, 0.2) is 29.4 Å². The fourth-order valence-corrected chi connectivity index (χ4v) is 1.50. The van der Waals surface area contributed by atoms with Crippen molar-refractivity contribution < 1.29 is 9.57 Å². The SMILES string of the molecule is COc1ccc(N2C=NOC2(C)C)cc1.